The summed E-state index contributed by atoms with van der Waals surface area (Å²) in [5.41, 5.74) is -0.513. The number of carbonyl (C=O) groups excluding carboxylic acids is 1. The Balaban J connectivity index is 2.39. The highest BCUT2D eigenvalue weighted by Gasteiger charge is 2.15. The van der Waals surface area contributed by atoms with Crippen LogP contribution in [0, 0.1) is 0 Å². The zero-order valence-corrected chi connectivity index (χ0v) is 12.7. The van der Waals surface area contributed by atoms with Crippen molar-refractivity contribution in [1.29, 1.82) is 0 Å². The third-order valence-corrected chi connectivity index (χ3v) is 2.32. The maximum Gasteiger partial charge on any atom is 0.407 e. The van der Waals surface area contributed by atoms with Gasteiger partial charge in [-0.1, -0.05) is 11.6 Å². The minimum absolute atomic E-state index is 0.227. The molecule has 112 valence electrons. The van der Waals surface area contributed by atoms with E-state index >= 15 is 0 Å². The van der Waals surface area contributed by atoms with E-state index < -0.39 is 11.7 Å². The Hall–Kier alpha value is -1.76. The van der Waals surface area contributed by atoms with E-state index in [0.717, 1.165) is 0 Å². The van der Waals surface area contributed by atoms with E-state index in [4.69, 9.17) is 21.1 Å². The molecular formula is C12H19ClN4O3. The molecule has 1 rings (SSSR count). The molecule has 1 heterocycles. The van der Waals surface area contributed by atoms with Gasteiger partial charge in [-0.25, -0.2) is 14.8 Å². The summed E-state index contributed by atoms with van der Waals surface area (Å²) >= 11 is 5.86. The lowest BCUT2D eigenvalue weighted by Crippen LogP contribution is -2.35. The lowest BCUT2D eigenvalue weighted by molar-refractivity contribution is 0.0530. The second-order valence-electron chi connectivity index (χ2n) is 4.90. The lowest BCUT2D eigenvalue weighted by atomic mass is 10.2. The molecule has 7 nitrogen and oxygen atoms in total. The van der Waals surface area contributed by atoms with Crippen LogP contribution < -0.4 is 15.4 Å². The summed E-state index contributed by atoms with van der Waals surface area (Å²) < 4.78 is 10.2. The maximum atomic E-state index is 11.4. The molecule has 0 aromatic carbocycles. The molecule has 0 aliphatic rings. The fourth-order valence-electron chi connectivity index (χ4n) is 1.32. The first-order valence-corrected chi connectivity index (χ1v) is 6.46. The number of halogens is 1. The van der Waals surface area contributed by atoms with Gasteiger partial charge in [0.1, 0.15) is 11.9 Å². The number of carbonyl (C=O) groups is 1. The number of anilines is 1. The van der Waals surface area contributed by atoms with Gasteiger partial charge in [0.2, 0.25) is 0 Å². The van der Waals surface area contributed by atoms with Gasteiger partial charge in [-0.05, 0) is 20.8 Å². The van der Waals surface area contributed by atoms with Crippen LogP contribution in [0.3, 0.4) is 0 Å². The summed E-state index contributed by atoms with van der Waals surface area (Å²) in [5, 5.41) is 5.84. The van der Waals surface area contributed by atoms with Crippen molar-refractivity contribution >= 4 is 23.5 Å². The van der Waals surface area contributed by atoms with Crippen molar-refractivity contribution < 1.29 is 14.3 Å². The molecule has 0 radical (unpaired) electrons. The maximum absolute atomic E-state index is 11.4. The molecule has 1 aromatic heterocycles. The van der Waals surface area contributed by atoms with E-state index in [1.54, 1.807) is 20.8 Å². The van der Waals surface area contributed by atoms with Crippen molar-refractivity contribution in [3.05, 3.63) is 11.5 Å². The zero-order chi connectivity index (χ0) is 15.2. The molecular weight excluding hydrogens is 284 g/mol. The van der Waals surface area contributed by atoms with E-state index in [-0.39, 0.29) is 5.15 Å². The number of alkyl carbamates (subject to hydrolysis) is 1. The number of amides is 1. The van der Waals surface area contributed by atoms with Crippen molar-refractivity contribution in [2.24, 2.45) is 0 Å². The van der Waals surface area contributed by atoms with Gasteiger partial charge < -0.3 is 20.1 Å². The van der Waals surface area contributed by atoms with E-state index in [1.807, 2.05) is 0 Å². The molecule has 0 unspecified atom stereocenters. The average molecular weight is 303 g/mol. The van der Waals surface area contributed by atoms with E-state index in [1.165, 1.54) is 13.4 Å². The normalized spacial score (nSPS) is 10.8. The van der Waals surface area contributed by atoms with Crippen molar-refractivity contribution in [2.75, 3.05) is 25.5 Å². The fourth-order valence-corrected chi connectivity index (χ4v) is 1.53. The molecule has 0 aliphatic carbocycles. The molecule has 0 spiro atoms. The molecule has 0 atom stereocenters. The van der Waals surface area contributed by atoms with Crippen LogP contribution in [-0.4, -0.2) is 41.9 Å². The quantitative estimate of drug-likeness (QED) is 0.640. The Labute approximate surface area is 123 Å². The van der Waals surface area contributed by atoms with Gasteiger partial charge in [0.25, 0.3) is 0 Å². The molecule has 0 saturated heterocycles. The minimum Gasteiger partial charge on any atom is -0.490 e. The van der Waals surface area contributed by atoms with Gasteiger partial charge in [-0.2, -0.15) is 0 Å². The number of aromatic nitrogens is 2. The largest absolute Gasteiger partial charge is 0.490 e. The third kappa shape index (κ3) is 5.48. The second kappa shape index (κ2) is 7.14. The van der Waals surface area contributed by atoms with Gasteiger partial charge in [-0.15, -0.1) is 0 Å². The first-order valence-electron chi connectivity index (χ1n) is 6.08. The summed E-state index contributed by atoms with van der Waals surface area (Å²) in [7, 11) is 1.48. The highest BCUT2D eigenvalue weighted by Crippen LogP contribution is 2.27. The SMILES string of the molecule is COc1c(Cl)ncnc1NCCNC(=O)OC(C)(C)C. The standard InChI is InChI=1S/C12H19ClN4O3/c1-12(2,3)20-11(18)15-6-5-14-10-8(19-4)9(13)16-7-17-10/h7H,5-6H2,1-4H3,(H,15,18)(H,14,16,17). The molecule has 1 aromatic rings. The summed E-state index contributed by atoms with van der Waals surface area (Å²) in [6, 6.07) is 0. The third-order valence-electron chi connectivity index (χ3n) is 2.05. The lowest BCUT2D eigenvalue weighted by Gasteiger charge is -2.19. The highest BCUT2D eigenvalue weighted by atomic mass is 35.5. The first-order chi connectivity index (χ1) is 9.33. The van der Waals surface area contributed by atoms with Crippen molar-refractivity contribution in [3.63, 3.8) is 0 Å². The van der Waals surface area contributed by atoms with Gasteiger partial charge in [0.15, 0.2) is 16.7 Å². The molecule has 1 amide bonds. The van der Waals surface area contributed by atoms with Crippen molar-refractivity contribution in [3.8, 4) is 5.75 Å². The average Bonchev–Trinajstić information content (AvgIpc) is 2.32. The summed E-state index contributed by atoms with van der Waals surface area (Å²) in [4.78, 5) is 19.2. The molecule has 0 aliphatic heterocycles. The zero-order valence-electron chi connectivity index (χ0n) is 12.0. The van der Waals surface area contributed by atoms with Crippen LogP contribution in [0.4, 0.5) is 10.6 Å². The number of rotatable bonds is 5. The summed E-state index contributed by atoms with van der Waals surface area (Å²) in [6.07, 6.45) is 0.862. The molecule has 0 saturated carbocycles. The predicted molar refractivity (Wildman–Crippen MR) is 76.3 cm³/mol. The van der Waals surface area contributed by atoms with E-state index in [9.17, 15) is 4.79 Å². The number of ether oxygens (including phenoxy) is 2. The predicted octanol–water partition coefficient (Wildman–Crippen LogP) is 2.08. The Bertz CT molecular complexity index is 463. The van der Waals surface area contributed by atoms with Gasteiger partial charge in [-0.3, -0.25) is 0 Å². The minimum atomic E-state index is -0.513. The number of hydrogen-bond donors (Lipinski definition) is 2. The van der Waals surface area contributed by atoms with Gasteiger partial charge in [0, 0.05) is 13.1 Å². The second-order valence-corrected chi connectivity index (χ2v) is 5.26. The van der Waals surface area contributed by atoms with Crippen LogP contribution in [0.2, 0.25) is 5.15 Å². The fraction of sp³-hybridized carbons (Fsp3) is 0.583. The topological polar surface area (TPSA) is 85.4 Å². The van der Waals surface area contributed by atoms with Gasteiger partial charge >= 0.3 is 6.09 Å². The van der Waals surface area contributed by atoms with Crippen LogP contribution in [0.5, 0.6) is 5.75 Å². The Kier molecular flexibility index (Phi) is 5.82. The first kappa shape index (κ1) is 16.3. The summed E-state index contributed by atoms with van der Waals surface area (Å²) in [5.74, 6) is 0.838. The Morgan fingerprint density at radius 1 is 1.35 bits per heavy atom. The number of nitrogens with one attached hydrogen (secondary N) is 2. The van der Waals surface area contributed by atoms with Crippen molar-refractivity contribution in [1.82, 2.24) is 15.3 Å². The van der Waals surface area contributed by atoms with Crippen LogP contribution in [0.1, 0.15) is 20.8 Å². The van der Waals surface area contributed by atoms with E-state index in [2.05, 4.69) is 20.6 Å². The van der Waals surface area contributed by atoms with Crippen molar-refractivity contribution in [2.45, 2.75) is 26.4 Å². The Morgan fingerprint density at radius 2 is 2.05 bits per heavy atom. The van der Waals surface area contributed by atoms with E-state index in [0.29, 0.717) is 24.7 Å². The monoisotopic (exact) mass is 302 g/mol. The van der Waals surface area contributed by atoms with Crippen LogP contribution in [0.15, 0.2) is 6.33 Å². The highest BCUT2D eigenvalue weighted by molar-refractivity contribution is 6.31. The van der Waals surface area contributed by atoms with Crippen LogP contribution in [0.25, 0.3) is 0 Å². The molecule has 0 fully saturated rings. The molecule has 0 bridgehead atoms. The number of nitrogens with zero attached hydrogens (tertiary/aromatic N) is 2. The Morgan fingerprint density at radius 3 is 2.65 bits per heavy atom. The number of methoxy groups -OCH3 is 1. The summed E-state index contributed by atoms with van der Waals surface area (Å²) in [6.45, 7) is 6.23. The van der Waals surface area contributed by atoms with Crippen LogP contribution in [-0.2, 0) is 4.74 Å². The van der Waals surface area contributed by atoms with Crippen LogP contribution >= 0.6 is 11.6 Å². The molecule has 8 heteroatoms. The molecule has 20 heavy (non-hydrogen) atoms. The number of hydrogen-bond acceptors (Lipinski definition) is 6. The smallest absolute Gasteiger partial charge is 0.407 e. The van der Waals surface area contributed by atoms with Gasteiger partial charge in [0.05, 0.1) is 7.11 Å². The molecule has 2 N–H and O–H groups in total.